The SMILES string of the molecule is CCCCCCCCCCCCc1[c]ccc(O)c1O. The molecule has 0 aromatic heterocycles. The molecule has 0 aliphatic heterocycles. The fourth-order valence-electron chi connectivity index (χ4n) is 2.50. The van der Waals surface area contributed by atoms with Crippen molar-refractivity contribution in [1.82, 2.24) is 0 Å². The number of hydrogen-bond acceptors (Lipinski definition) is 2. The highest BCUT2D eigenvalue weighted by Crippen LogP contribution is 2.29. The molecule has 0 saturated carbocycles. The van der Waals surface area contributed by atoms with Crippen molar-refractivity contribution in [3.05, 3.63) is 23.8 Å². The summed E-state index contributed by atoms with van der Waals surface area (Å²) in [6, 6.07) is 6.14. The molecule has 1 radical (unpaired) electrons. The van der Waals surface area contributed by atoms with E-state index in [-0.39, 0.29) is 11.5 Å². The molecule has 113 valence electrons. The Kier molecular flexibility index (Phi) is 8.93. The molecule has 0 fully saturated rings. The van der Waals surface area contributed by atoms with Gasteiger partial charge >= 0.3 is 0 Å². The van der Waals surface area contributed by atoms with Crippen molar-refractivity contribution in [2.75, 3.05) is 0 Å². The third kappa shape index (κ3) is 6.83. The van der Waals surface area contributed by atoms with Crippen LogP contribution in [-0.4, -0.2) is 10.2 Å². The summed E-state index contributed by atoms with van der Waals surface area (Å²) in [6.07, 6.45) is 13.9. The Bertz CT molecular complexity index is 360. The predicted octanol–water partition coefficient (Wildman–Crippen LogP) is 5.36. The maximum atomic E-state index is 9.66. The van der Waals surface area contributed by atoms with Crippen molar-refractivity contribution in [2.24, 2.45) is 0 Å². The molecule has 0 amide bonds. The topological polar surface area (TPSA) is 40.5 Å². The Hall–Kier alpha value is -1.18. The molecular weight excluding hydrogens is 248 g/mol. The fraction of sp³-hybridized carbons (Fsp3) is 0.667. The Balaban J connectivity index is 1.98. The minimum absolute atomic E-state index is 0.00317. The van der Waals surface area contributed by atoms with E-state index in [1.807, 2.05) is 0 Å². The van der Waals surface area contributed by atoms with E-state index in [0.29, 0.717) is 0 Å². The van der Waals surface area contributed by atoms with E-state index in [2.05, 4.69) is 13.0 Å². The summed E-state index contributed by atoms with van der Waals surface area (Å²) in [4.78, 5) is 0. The predicted molar refractivity (Wildman–Crippen MR) is 84.2 cm³/mol. The molecule has 0 atom stereocenters. The van der Waals surface area contributed by atoms with Crippen LogP contribution in [0.1, 0.15) is 76.7 Å². The molecule has 1 aromatic carbocycles. The third-order valence-corrected chi connectivity index (χ3v) is 3.81. The summed E-state index contributed by atoms with van der Waals surface area (Å²) < 4.78 is 0. The molecule has 0 aliphatic carbocycles. The van der Waals surface area contributed by atoms with Crippen molar-refractivity contribution in [2.45, 2.75) is 77.6 Å². The van der Waals surface area contributed by atoms with Gasteiger partial charge in [0.15, 0.2) is 11.5 Å². The number of aromatic hydroxyl groups is 2. The van der Waals surface area contributed by atoms with Crippen LogP contribution in [0.4, 0.5) is 0 Å². The van der Waals surface area contributed by atoms with Crippen LogP contribution < -0.4 is 0 Å². The van der Waals surface area contributed by atoms with E-state index < -0.39 is 0 Å². The van der Waals surface area contributed by atoms with Gasteiger partial charge in [-0.2, -0.15) is 0 Å². The highest BCUT2D eigenvalue weighted by atomic mass is 16.3. The molecule has 2 heteroatoms. The molecular formula is C18H29O2. The molecule has 1 aromatic rings. The highest BCUT2D eigenvalue weighted by molar-refractivity contribution is 5.43. The van der Waals surface area contributed by atoms with Gasteiger partial charge in [0.2, 0.25) is 0 Å². The van der Waals surface area contributed by atoms with Crippen LogP contribution >= 0.6 is 0 Å². The smallest absolute Gasteiger partial charge is 0.161 e. The molecule has 0 bridgehead atoms. The highest BCUT2D eigenvalue weighted by Gasteiger charge is 2.05. The normalized spacial score (nSPS) is 10.8. The van der Waals surface area contributed by atoms with Gasteiger partial charge in [0, 0.05) is 5.56 Å². The van der Waals surface area contributed by atoms with Crippen LogP contribution in [0, 0.1) is 6.07 Å². The standard InChI is InChI=1S/C18H29O2/c1-2-3-4-5-6-7-8-9-10-11-13-16-14-12-15-17(19)18(16)20/h12,15,19-20H,2-11,13H2,1H3. The lowest BCUT2D eigenvalue weighted by Gasteiger charge is -2.05. The van der Waals surface area contributed by atoms with Gasteiger partial charge in [-0.3, -0.25) is 0 Å². The van der Waals surface area contributed by atoms with E-state index in [1.54, 1.807) is 6.07 Å². The maximum absolute atomic E-state index is 9.66. The first-order valence-electron chi connectivity index (χ1n) is 8.17. The molecule has 0 unspecified atom stereocenters. The van der Waals surface area contributed by atoms with Gasteiger partial charge in [-0.05, 0) is 25.0 Å². The number of rotatable bonds is 11. The van der Waals surface area contributed by atoms with Crippen molar-refractivity contribution < 1.29 is 10.2 Å². The summed E-state index contributed by atoms with van der Waals surface area (Å²) in [5.41, 5.74) is 0.740. The minimum Gasteiger partial charge on any atom is -0.504 e. The van der Waals surface area contributed by atoms with Gasteiger partial charge in [0.25, 0.3) is 0 Å². The lowest BCUT2D eigenvalue weighted by molar-refractivity contribution is 0.398. The average molecular weight is 277 g/mol. The summed E-state index contributed by atoms with van der Waals surface area (Å²) in [5, 5.41) is 19.1. The van der Waals surface area contributed by atoms with Crippen LogP contribution in [0.3, 0.4) is 0 Å². The zero-order chi connectivity index (χ0) is 14.6. The first kappa shape index (κ1) is 16.9. The van der Waals surface area contributed by atoms with Crippen LogP contribution in [0.15, 0.2) is 12.1 Å². The fourth-order valence-corrected chi connectivity index (χ4v) is 2.50. The quantitative estimate of drug-likeness (QED) is 0.422. The van der Waals surface area contributed by atoms with Crippen LogP contribution in [0.5, 0.6) is 11.5 Å². The average Bonchev–Trinajstić information content (AvgIpc) is 2.45. The van der Waals surface area contributed by atoms with Gasteiger partial charge in [-0.25, -0.2) is 0 Å². The number of benzene rings is 1. The molecule has 0 spiro atoms. The second-order valence-corrected chi connectivity index (χ2v) is 5.62. The van der Waals surface area contributed by atoms with Gasteiger partial charge in [0.1, 0.15) is 0 Å². The van der Waals surface area contributed by atoms with E-state index in [4.69, 9.17) is 0 Å². The third-order valence-electron chi connectivity index (χ3n) is 3.81. The second kappa shape index (κ2) is 10.6. The van der Waals surface area contributed by atoms with Crippen molar-refractivity contribution >= 4 is 0 Å². The second-order valence-electron chi connectivity index (χ2n) is 5.62. The number of phenolic OH excluding ortho intramolecular Hbond substituents is 2. The van der Waals surface area contributed by atoms with Gasteiger partial charge in [0.05, 0.1) is 0 Å². The Morgan fingerprint density at radius 1 is 0.850 bits per heavy atom. The van der Waals surface area contributed by atoms with Crippen molar-refractivity contribution in [3.63, 3.8) is 0 Å². The molecule has 0 heterocycles. The number of hydrogen-bond donors (Lipinski definition) is 2. The van der Waals surface area contributed by atoms with Crippen LogP contribution in [-0.2, 0) is 6.42 Å². The molecule has 20 heavy (non-hydrogen) atoms. The molecule has 0 saturated heterocycles. The van der Waals surface area contributed by atoms with Crippen LogP contribution in [0.25, 0.3) is 0 Å². The molecule has 0 aliphatic rings. The summed E-state index contributed by atoms with van der Waals surface area (Å²) in [7, 11) is 0. The van der Waals surface area contributed by atoms with E-state index in [1.165, 1.54) is 63.9 Å². The summed E-state index contributed by atoms with van der Waals surface area (Å²) in [5.74, 6) is -0.0331. The molecule has 2 N–H and O–H groups in total. The van der Waals surface area contributed by atoms with Crippen LogP contribution in [0.2, 0.25) is 0 Å². The van der Waals surface area contributed by atoms with E-state index in [0.717, 1.165) is 18.4 Å². The zero-order valence-electron chi connectivity index (χ0n) is 12.8. The zero-order valence-corrected chi connectivity index (χ0v) is 12.8. The van der Waals surface area contributed by atoms with Crippen molar-refractivity contribution in [1.29, 1.82) is 0 Å². The van der Waals surface area contributed by atoms with Gasteiger partial charge < -0.3 is 10.2 Å². The largest absolute Gasteiger partial charge is 0.504 e. The Morgan fingerprint density at radius 3 is 2.00 bits per heavy atom. The van der Waals surface area contributed by atoms with Crippen molar-refractivity contribution in [3.8, 4) is 11.5 Å². The minimum atomic E-state index is -0.0363. The lowest BCUT2D eigenvalue weighted by Crippen LogP contribution is -1.88. The first-order valence-corrected chi connectivity index (χ1v) is 8.17. The summed E-state index contributed by atoms with van der Waals surface area (Å²) in [6.45, 7) is 2.25. The number of phenols is 2. The maximum Gasteiger partial charge on any atom is 0.161 e. The Labute approximate surface area is 123 Å². The Morgan fingerprint density at radius 2 is 1.40 bits per heavy atom. The first-order chi connectivity index (χ1) is 9.75. The summed E-state index contributed by atoms with van der Waals surface area (Å²) >= 11 is 0. The number of aryl methyl sites for hydroxylation is 1. The monoisotopic (exact) mass is 277 g/mol. The van der Waals surface area contributed by atoms with Gasteiger partial charge in [-0.1, -0.05) is 70.8 Å². The molecule has 2 nitrogen and oxygen atoms in total. The lowest BCUT2D eigenvalue weighted by atomic mass is 10.0. The number of unbranched alkanes of at least 4 members (excludes halogenated alkanes) is 9. The van der Waals surface area contributed by atoms with E-state index >= 15 is 0 Å². The van der Waals surface area contributed by atoms with Gasteiger partial charge in [-0.15, -0.1) is 0 Å². The molecule has 1 rings (SSSR count). The van der Waals surface area contributed by atoms with E-state index in [9.17, 15) is 10.2 Å².